The molecule has 0 aromatic rings. The highest BCUT2D eigenvalue weighted by atomic mass is 16.5. The summed E-state index contributed by atoms with van der Waals surface area (Å²) in [6.45, 7) is 7.36. The van der Waals surface area contributed by atoms with Crippen molar-refractivity contribution in [1.82, 2.24) is 15.1 Å². The Bertz CT molecular complexity index is 396. The summed E-state index contributed by atoms with van der Waals surface area (Å²) in [4.78, 5) is 17.4. The quantitative estimate of drug-likeness (QED) is 0.468. The molecule has 28 heavy (non-hydrogen) atoms. The van der Waals surface area contributed by atoms with Crippen molar-refractivity contribution >= 4 is 6.03 Å². The van der Waals surface area contributed by atoms with E-state index < -0.39 is 0 Å². The van der Waals surface area contributed by atoms with Gasteiger partial charge in [-0.1, -0.05) is 44.9 Å². The zero-order valence-corrected chi connectivity index (χ0v) is 18.0. The third-order valence-electron chi connectivity index (χ3n) is 6.11. The van der Waals surface area contributed by atoms with Gasteiger partial charge in [-0.3, -0.25) is 4.90 Å². The number of hydrogen-bond donors (Lipinski definition) is 2. The number of ether oxygens (including phenoxy) is 1. The van der Waals surface area contributed by atoms with Gasteiger partial charge in [0, 0.05) is 38.8 Å². The van der Waals surface area contributed by atoms with Crippen molar-refractivity contribution in [1.29, 1.82) is 0 Å². The van der Waals surface area contributed by atoms with E-state index in [1.807, 2.05) is 0 Å². The van der Waals surface area contributed by atoms with Crippen molar-refractivity contribution < 1.29 is 9.53 Å². The molecule has 0 aromatic carbocycles. The number of rotatable bonds is 13. The SMILES string of the molecule is NCCCCCCCCN(CCCN1CCOCC1)C(=O)NC1CCCCC1. The number of nitrogens with two attached hydrogens (primary N) is 1. The molecule has 3 N–H and O–H groups in total. The maximum absolute atomic E-state index is 12.9. The molecule has 1 aliphatic heterocycles. The molecule has 1 aliphatic carbocycles. The summed E-state index contributed by atoms with van der Waals surface area (Å²) in [5.41, 5.74) is 5.56. The second-order valence-electron chi connectivity index (χ2n) is 8.49. The smallest absolute Gasteiger partial charge is 0.317 e. The summed E-state index contributed by atoms with van der Waals surface area (Å²) in [6.07, 6.45) is 14.4. The van der Waals surface area contributed by atoms with E-state index in [0.29, 0.717) is 6.04 Å². The fourth-order valence-electron chi connectivity index (χ4n) is 4.29. The number of nitrogens with zero attached hydrogens (tertiary/aromatic N) is 2. The number of unbranched alkanes of at least 4 members (excludes halogenated alkanes) is 5. The number of nitrogens with one attached hydrogen (secondary N) is 1. The summed E-state index contributed by atoms with van der Waals surface area (Å²) in [7, 11) is 0. The summed E-state index contributed by atoms with van der Waals surface area (Å²) < 4.78 is 5.43. The molecule has 2 rings (SSSR count). The van der Waals surface area contributed by atoms with Crippen molar-refractivity contribution in [3.05, 3.63) is 0 Å². The molecule has 0 aromatic heterocycles. The van der Waals surface area contributed by atoms with Crippen LogP contribution < -0.4 is 11.1 Å². The maximum atomic E-state index is 12.9. The van der Waals surface area contributed by atoms with Crippen LogP contribution in [0.2, 0.25) is 0 Å². The van der Waals surface area contributed by atoms with E-state index in [9.17, 15) is 4.79 Å². The topological polar surface area (TPSA) is 70.8 Å². The van der Waals surface area contributed by atoms with Crippen molar-refractivity contribution in [2.45, 2.75) is 83.1 Å². The number of urea groups is 1. The van der Waals surface area contributed by atoms with E-state index in [-0.39, 0.29) is 6.03 Å². The van der Waals surface area contributed by atoms with Gasteiger partial charge in [0.15, 0.2) is 0 Å². The lowest BCUT2D eigenvalue weighted by Crippen LogP contribution is -2.47. The Hall–Kier alpha value is -0.850. The fraction of sp³-hybridized carbons (Fsp3) is 0.955. The second kappa shape index (κ2) is 15.1. The molecule has 2 aliphatic rings. The minimum atomic E-state index is 0.164. The zero-order chi connectivity index (χ0) is 19.9. The van der Waals surface area contributed by atoms with Crippen LogP contribution in [0.4, 0.5) is 4.79 Å². The largest absolute Gasteiger partial charge is 0.379 e. The second-order valence-corrected chi connectivity index (χ2v) is 8.49. The minimum absolute atomic E-state index is 0.164. The molecule has 0 bridgehead atoms. The molecule has 6 heteroatoms. The van der Waals surface area contributed by atoms with Crippen LogP contribution in [0.25, 0.3) is 0 Å². The van der Waals surface area contributed by atoms with Crippen LogP contribution in [0.5, 0.6) is 0 Å². The predicted molar refractivity (Wildman–Crippen MR) is 116 cm³/mol. The first-order valence-electron chi connectivity index (χ1n) is 11.8. The van der Waals surface area contributed by atoms with Gasteiger partial charge in [-0.25, -0.2) is 4.79 Å². The van der Waals surface area contributed by atoms with Crippen molar-refractivity contribution in [3.63, 3.8) is 0 Å². The van der Waals surface area contributed by atoms with Crippen LogP contribution >= 0.6 is 0 Å². The Kier molecular flexibility index (Phi) is 12.6. The lowest BCUT2D eigenvalue weighted by atomic mass is 9.96. The Balaban J connectivity index is 1.68. The zero-order valence-electron chi connectivity index (χ0n) is 18.0. The van der Waals surface area contributed by atoms with Crippen LogP contribution in [0.1, 0.15) is 77.0 Å². The van der Waals surface area contributed by atoms with E-state index in [1.165, 1.54) is 44.9 Å². The van der Waals surface area contributed by atoms with Crippen LogP contribution in [-0.2, 0) is 4.74 Å². The summed E-state index contributed by atoms with van der Waals surface area (Å²) >= 11 is 0. The van der Waals surface area contributed by atoms with Crippen LogP contribution in [0.15, 0.2) is 0 Å². The summed E-state index contributed by atoms with van der Waals surface area (Å²) in [5, 5.41) is 3.32. The van der Waals surface area contributed by atoms with Crippen LogP contribution in [-0.4, -0.2) is 74.4 Å². The van der Waals surface area contributed by atoms with Gasteiger partial charge < -0.3 is 20.7 Å². The van der Waals surface area contributed by atoms with E-state index in [1.54, 1.807) is 0 Å². The van der Waals surface area contributed by atoms with E-state index in [2.05, 4.69) is 15.1 Å². The average molecular weight is 397 g/mol. The molecule has 0 atom stereocenters. The first-order chi connectivity index (χ1) is 13.8. The van der Waals surface area contributed by atoms with E-state index in [0.717, 1.165) is 84.6 Å². The molecule has 1 saturated carbocycles. The normalized spacial score (nSPS) is 18.9. The first kappa shape index (κ1) is 23.4. The standard InChI is InChI=1S/C22H44N4O2/c23-13-8-3-1-2-4-9-15-26(16-10-14-25-17-19-28-20-18-25)22(27)24-21-11-6-5-7-12-21/h21H,1-20,23H2,(H,24,27). The number of carbonyl (C=O) groups excluding carboxylic acids is 1. The first-order valence-corrected chi connectivity index (χ1v) is 11.8. The highest BCUT2D eigenvalue weighted by molar-refractivity contribution is 5.74. The van der Waals surface area contributed by atoms with Gasteiger partial charge >= 0.3 is 6.03 Å². The van der Waals surface area contributed by atoms with Gasteiger partial charge in [-0.15, -0.1) is 0 Å². The fourth-order valence-corrected chi connectivity index (χ4v) is 4.29. The van der Waals surface area contributed by atoms with Gasteiger partial charge in [0.05, 0.1) is 13.2 Å². The number of morpholine rings is 1. The van der Waals surface area contributed by atoms with Crippen molar-refractivity contribution in [2.75, 3.05) is 52.5 Å². The van der Waals surface area contributed by atoms with Crippen molar-refractivity contribution in [2.24, 2.45) is 5.73 Å². The molecular formula is C22H44N4O2. The average Bonchev–Trinajstić information content (AvgIpc) is 2.73. The van der Waals surface area contributed by atoms with Gasteiger partial charge in [-0.2, -0.15) is 0 Å². The molecule has 0 unspecified atom stereocenters. The van der Waals surface area contributed by atoms with Gasteiger partial charge in [0.2, 0.25) is 0 Å². The number of hydrogen-bond acceptors (Lipinski definition) is 4. The maximum Gasteiger partial charge on any atom is 0.317 e. The van der Waals surface area contributed by atoms with Crippen LogP contribution in [0, 0.1) is 0 Å². The minimum Gasteiger partial charge on any atom is -0.379 e. The Morgan fingerprint density at radius 3 is 2.29 bits per heavy atom. The van der Waals surface area contributed by atoms with Crippen molar-refractivity contribution in [3.8, 4) is 0 Å². The molecule has 6 nitrogen and oxygen atoms in total. The third kappa shape index (κ3) is 10.1. The molecule has 0 radical (unpaired) electrons. The molecule has 0 spiro atoms. The van der Waals surface area contributed by atoms with Gasteiger partial charge in [0.25, 0.3) is 0 Å². The van der Waals surface area contributed by atoms with Gasteiger partial charge in [-0.05, 0) is 38.6 Å². The van der Waals surface area contributed by atoms with E-state index >= 15 is 0 Å². The monoisotopic (exact) mass is 396 g/mol. The number of carbonyl (C=O) groups is 1. The highest BCUT2D eigenvalue weighted by Crippen LogP contribution is 2.18. The predicted octanol–water partition coefficient (Wildman–Crippen LogP) is 3.35. The lowest BCUT2D eigenvalue weighted by molar-refractivity contribution is 0.0364. The lowest BCUT2D eigenvalue weighted by Gasteiger charge is -2.30. The molecule has 164 valence electrons. The Morgan fingerprint density at radius 1 is 0.929 bits per heavy atom. The molecule has 2 fully saturated rings. The summed E-state index contributed by atoms with van der Waals surface area (Å²) in [6, 6.07) is 0.552. The molecule has 1 saturated heterocycles. The number of amides is 2. The van der Waals surface area contributed by atoms with Crippen LogP contribution in [0.3, 0.4) is 0 Å². The van der Waals surface area contributed by atoms with E-state index in [4.69, 9.17) is 10.5 Å². The summed E-state index contributed by atoms with van der Waals surface area (Å²) in [5.74, 6) is 0. The third-order valence-corrected chi connectivity index (χ3v) is 6.11. The van der Waals surface area contributed by atoms with Gasteiger partial charge in [0.1, 0.15) is 0 Å². The molecule has 1 heterocycles. The highest BCUT2D eigenvalue weighted by Gasteiger charge is 2.20. The Labute approximate surface area is 172 Å². The molecular weight excluding hydrogens is 352 g/mol. The molecule has 2 amide bonds. The Morgan fingerprint density at radius 2 is 1.57 bits per heavy atom.